The van der Waals surface area contributed by atoms with Gasteiger partial charge in [-0.05, 0) is 69.9 Å². The van der Waals surface area contributed by atoms with E-state index in [1.54, 1.807) is 24.0 Å². The number of benzene rings is 2. The van der Waals surface area contributed by atoms with E-state index < -0.39 is 53.6 Å². The molecule has 0 saturated carbocycles. The summed E-state index contributed by atoms with van der Waals surface area (Å²) in [4.78, 5) is 61.1. The summed E-state index contributed by atoms with van der Waals surface area (Å²) in [6.07, 6.45) is 3.49. The number of ether oxygens (including phenoxy) is 2. The first-order valence-electron chi connectivity index (χ1n) is 17.7. The summed E-state index contributed by atoms with van der Waals surface area (Å²) in [5.74, 6) is -3.55. The van der Waals surface area contributed by atoms with Crippen LogP contribution in [0.2, 0.25) is 0 Å². The molecule has 50 heavy (non-hydrogen) atoms. The molecule has 0 aliphatic carbocycles. The molecule has 2 aromatic carbocycles. The van der Waals surface area contributed by atoms with E-state index in [0.29, 0.717) is 30.5 Å². The molecule has 3 fully saturated rings. The molecule has 11 heteroatoms. The van der Waals surface area contributed by atoms with Crippen LogP contribution in [0, 0.1) is 11.8 Å². The van der Waals surface area contributed by atoms with Gasteiger partial charge in [0.25, 0.3) is 5.91 Å². The summed E-state index contributed by atoms with van der Waals surface area (Å²) < 4.78 is 12.7. The Morgan fingerprint density at radius 3 is 2.38 bits per heavy atom. The standard InChI is InChI=1S/C39H50N4O7/c1-6-10-16-32(45)40-24-31(27-14-12-11-13-15-27)49-38(48)33-30-21-22-39(50-30)34(33)36(46)43(26(5)25-44)35(39)37(47)42(23-7-2)29-19-17-28(18-20-29)41(8-3)9-4/h6-7,11-15,17-20,26,30-31,33-35,44H,1-2,8-10,16,21-25H2,3-5H3,(H,40,45)/t26-,30+,31-,33-,34-,35+,39-/m1/s1. The minimum absolute atomic E-state index is 0.0477. The molecule has 2 N–H and O–H groups in total. The zero-order valence-corrected chi connectivity index (χ0v) is 29.3. The van der Waals surface area contributed by atoms with Crippen LogP contribution in [0.1, 0.15) is 58.1 Å². The van der Waals surface area contributed by atoms with Gasteiger partial charge in [-0.25, -0.2) is 0 Å². The minimum atomic E-state index is -1.28. The third-order valence-corrected chi connectivity index (χ3v) is 10.3. The number of aliphatic hydroxyl groups is 1. The summed E-state index contributed by atoms with van der Waals surface area (Å²) in [5, 5.41) is 13.1. The third kappa shape index (κ3) is 6.93. The second kappa shape index (κ2) is 16.0. The number of carbonyl (C=O) groups excluding carboxylic acids is 4. The number of aliphatic hydroxyl groups excluding tert-OH is 1. The molecule has 11 nitrogen and oxygen atoms in total. The van der Waals surface area contributed by atoms with Crippen molar-refractivity contribution in [2.45, 2.75) is 76.3 Å². The van der Waals surface area contributed by atoms with Crippen molar-refractivity contribution in [3.05, 3.63) is 85.5 Å². The van der Waals surface area contributed by atoms with Crippen molar-refractivity contribution in [3.63, 3.8) is 0 Å². The number of likely N-dealkylation sites (tertiary alicyclic amines) is 1. The van der Waals surface area contributed by atoms with Crippen molar-refractivity contribution in [2.75, 3.05) is 42.6 Å². The lowest BCUT2D eigenvalue weighted by Crippen LogP contribution is -2.58. The van der Waals surface area contributed by atoms with E-state index in [1.807, 2.05) is 54.6 Å². The highest BCUT2D eigenvalue weighted by Crippen LogP contribution is 2.59. The summed E-state index contributed by atoms with van der Waals surface area (Å²) in [5.41, 5.74) is 1.07. The van der Waals surface area contributed by atoms with E-state index in [-0.39, 0.29) is 37.9 Å². The lowest BCUT2D eigenvalue weighted by molar-refractivity contribution is -0.161. The van der Waals surface area contributed by atoms with Crippen molar-refractivity contribution in [3.8, 4) is 0 Å². The molecule has 3 aliphatic rings. The molecule has 3 aliphatic heterocycles. The fraction of sp³-hybridized carbons (Fsp3) is 0.487. The monoisotopic (exact) mass is 686 g/mol. The maximum Gasteiger partial charge on any atom is 0.313 e. The van der Waals surface area contributed by atoms with E-state index in [9.17, 15) is 24.3 Å². The Balaban J connectivity index is 1.45. The van der Waals surface area contributed by atoms with Gasteiger partial charge in [0.15, 0.2) is 0 Å². The molecule has 5 rings (SSSR count). The zero-order valence-electron chi connectivity index (χ0n) is 29.3. The smallest absolute Gasteiger partial charge is 0.313 e. The molecule has 0 radical (unpaired) electrons. The van der Waals surface area contributed by atoms with Crippen LogP contribution in [0.15, 0.2) is 79.9 Å². The van der Waals surface area contributed by atoms with Crippen molar-refractivity contribution >= 4 is 35.1 Å². The van der Waals surface area contributed by atoms with Gasteiger partial charge in [-0.1, -0.05) is 42.5 Å². The van der Waals surface area contributed by atoms with Gasteiger partial charge in [0.2, 0.25) is 11.8 Å². The highest BCUT2D eigenvalue weighted by Gasteiger charge is 2.75. The Morgan fingerprint density at radius 1 is 1.08 bits per heavy atom. The van der Waals surface area contributed by atoms with E-state index in [0.717, 1.165) is 18.8 Å². The summed E-state index contributed by atoms with van der Waals surface area (Å²) in [7, 11) is 0. The van der Waals surface area contributed by atoms with Crippen LogP contribution in [0.25, 0.3) is 0 Å². The van der Waals surface area contributed by atoms with Gasteiger partial charge in [-0.2, -0.15) is 0 Å². The van der Waals surface area contributed by atoms with Gasteiger partial charge in [-0.15, -0.1) is 13.2 Å². The Bertz CT molecular complexity index is 1550. The second-order valence-electron chi connectivity index (χ2n) is 13.2. The topological polar surface area (TPSA) is 129 Å². The number of fused-ring (bicyclic) bond motifs is 1. The Labute approximate surface area is 294 Å². The van der Waals surface area contributed by atoms with Crippen LogP contribution >= 0.6 is 0 Å². The second-order valence-corrected chi connectivity index (χ2v) is 13.2. The molecule has 1 spiro atoms. The molecular weight excluding hydrogens is 636 g/mol. The Morgan fingerprint density at radius 2 is 1.76 bits per heavy atom. The normalized spacial score (nSPS) is 24.6. The van der Waals surface area contributed by atoms with Gasteiger partial charge in [0, 0.05) is 37.4 Å². The van der Waals surface area contributed by atoms with E-state index in [4.69, 9.17) is 9.47 Å². The van der Waals surface area contributed by atoms with Gasteiger partial charge >= 0.3 is 5.97 Å². The number of hydrogen-bond donors (Lipinski definition) is 2. The fourth-order valence-electron chi connectivity index (χ4n) is 7.87. The van der Waals surface area contributed by atoms with Crippen LogP contribution in [0.5, 0.6) is 0 Å². The predicted molar refractivity (Wildman–Crippen MR) is 191 cm³/mol. The van der Waals surface area contributed by atoms with Gasteiger partial charge < -0.3 is 34.6 Å². The minimum Gasteiger partial charge on any atom is -0.455 e. The first-order valence-corrected chi connectivity index (χ1v) is 17.7. The number of anilines is 2. The van der Waals surface area contributed by atoms with Crippen LogP contribution in [-0.4, -0.2) is 90.3 Å². The lowest BCUT2D eigenvalue weighted by Gasteiger charge is -2.38. The van der Waals surface area contributed by atoms with Crippen LogP contribution < -0.4 is 15.1 Å². The SMILES string of the molecule is C=CCCC(=O)NC[C@@H](OC(=O)[C@@H]1[C@@H]2CC[C@]3(O2)[C@H](C(=O)N(CC=C)c2ccc(N(CC)CC)cc2)N([C@H](C)CO)C(=O)[C@@H]13)c1ccccc1. The number of amides is 3. The Hall–Kier alpha value is -4.48. The average molecular weight is 687 g/mol. The van der Waals surface area contributed by atoms with Gasteiger partial charge in [0.05, 0.1) is 37.1 Å². The summed E-state index contributed by atoms with van der Waals surface area (Å²) in [6.45, 7) is 14.9. The summed E-state index contributed by atoms with van der Waals surface area (Å²) >= 11 is 0. The molecule has 3 amide bonds. The molecule has 0 aromatic heterocycles. The molecule has 2 aromatic rings. The quantitative estimate of drug-likeness (QED) is 0.188. The van der Waals surface area contributed by atoms with E-state index >= 15 is 0 Å². The number of nitrogens with zero attached hydrogens (tertiary/aromatic N) is 3. The van der Waals surface area contributed by atoms with Crippen LogP contribution in [-0.2, 0) is 28.7 Å². The maximum atomic E-state index is 14.8. The number of nitrogens with one attached hydrogen (secondary N) is 1. The van der Waals surface area contributed by atoms with Crippen molar-refractivity contribution < 1.29 is 33.8 Å². The largest absolute Gasteiger partial charge is 0.455 e. The third-order valence-electron chi connectivity index (χ3n) is 10.3. The molecular formula is C39H50N4O7. The lowest BCUT2D eigenvalue weighted by atomic mass is 9.70. The fourth-order valence-corrected chi connectivity index (χ4v) is 7.87. The number of hydrogen-bond acceptors (Lipinski definition) is 8. The van der Waals surface area contributed by atoms with Gasteiger partial charge in [0.1, 0.15) is 17.7 Å². The van der Waals surface area contributed by atoms with Crippen molar-refractivity contribution in [1.29, 1.82) is 0 Å². The molecule has 268 valence electrons. The number of allylic oxidation sites excluding steroid dienone is 1. The van der Waals surface area contributed by atoms with Crippen LogP contribution in [0.3, 0.4) is 0 Å². The molecule has 7 atom stereocenters. The molecule has 0 unspecified atom stereocenters. The number of esters is 1. The van der Waals surface area contributed by atoms with Crippen molar-refractivity contribution in [1.82, 2.24) is 10.2 Å². The highest BCUT2D eigenvalue weighted by molar-refractivity contribution is 6.05. The number of rotatable bonds is 17. The first-order chi connectivity index (χ1) is 24.1. The van der Waals surface area contributed by atoms with E-state index in [1.165, 1.54) is 4.90 Å². The molecule has 3 heterocycles. The maximum absolute atomic E-state index is 14.8. The average Bonchev–Trinajstić information content (AvgIpc) is 3.79. The van der Waals surface area contributed by atoms with E-state index in [2.05, 4.69) is 37.2 Å². The highest BCUT2D eigenvalue weighted by atomic mass is 16.6. The van der Waals surface area contributed by atoms with Gasteiger partial charge in [-0.3, -0.25) is 19.2 Å². The zero-order chi connectivity index (χ0) is 36.0. The van der Waals surface area contributed by atoms with Crippen molar-refractivity contribution in [2.24, 2.45) is 11.8 Å². The van der Waals surface area contributed by atoms with Crippen LogP contribution in [0.4, 0.5) is 11.4 Å². The number of carbonyl (C=O) groups is 4. The Kier molecular flexibility index (Phi) is 11.8. The predicted octanol–water partition coefficient (Wildman–Crippen LogP) is 4.17. The molecule has 2 bridgehead atoms. The molecule has 3 saturated heterocycles. The summed E-state index contributed by atoms with van der Waals surface area (Å²) in [6, 6.07) is 15.0. The first kappa shape index (κ1) is 36.8.